The summed E-state index contributed by atoms with van der Waals surface area (Å²) >= 11 is 11.9. The normalized spacial score (nSPS) is 12.1. The molecule has 1 unspecified atom stereocenters. The number of hydrogen-bond acceptors (Lipinski definition) is 5. The molecule has 0 aliphatic rings. The maximum atomic E-state index is 12.5. The summed E-state index contributed by atoms with van der Waals surface area (Å²) in [6.07, 6.45) is 1.41. The number of phenolic OH excluding ortho intramolecular Hbond substituents is 1. The number of benzene rings is 2. The summed E-state index contributed by atoms with van der Waals surface area (Å²) in [5, 5.41) is 16.9. The first-order chi connectivity index (χ1) is 14.2. The van der Waals surface area contributed by atoms with Crippen LogP contribution in [0.3, 0.4) is 0 Å². The summed E-state index contributed by atoms with van der Waals surface area (Å²) in [5.41, 5.74) is 3.26. The van der Waals surface area contributed by atoms with Crippen molar-refractivity contribution in [3.05, 3.63) is 57.6 Å². The van der Waals surface area contributed by atoms with Gasteiger partial charge >= 0.3 is 0 Å². The average Bonchev–Trinajstić information content (AvgIpc) is 2.68. The number of nitrogens with zero attached hydrogens (tertiary/aromatic N) is 1. The van der Waals surface area contributed by atoms with Gasteiger partial charge in [-0.15, -0.1) is 0 Å². The van der Waals surface area contributed by atoms with E-state index in [-0.39, 0.29) is 22.3 Å². The molecule has 9 heteroatoms. The number of nitrogens with one attached hydrogen (secondary N) is 2. The molecule has 2 rings (SSSR count). The zero-order valence-electron chi connectivity index (χ0n) is 16.8. The predicted molar refractivity (Wildman–Crippen MR) is 118 cm³/mol. The molecule has 0 aliphatic heterocycles. The Morgan fingerprint density at radius 3 is 2.57 bits per heavy atom. The molecule has 160 valence electrons. The van der Waals surface area contributed by atoms with Crippen molar-refractivity contribution in [1.82, 2.24) is 10.7 Å². The lowest BCUT2D eigenvalue weighted by molar-refractivity contribution is -0.123. The molecule has 0 spiro atoms. The molecule has 1 atom stereocenters. The van der Waals surface area contributed by atoms with Crippen LogP contribution < -0.4 is 15.5 Å². The molecular weight excluding hydrogens is 429 g/mol. The van der Waals surface area contributed by atoms with Gasteiger partial charge < -0.3 is 15.2 Å². The van der Waals surface area contributed by atoms with E-state index >= 15 is 0 Å². The number of hydrazone groups is 1. The lowest BCUT2D eigenvalue weighted by Gasteiger charge is -2.20. The van der Waals surface area contributed by atoms with Gasteiger partial charge in [-0.2, -0.15) is 5.10 Å². The second-order valence-electron chi connectivity index (χ2n) is 6.71. The highest BCUT2D eigenvalue weighted by Gasteiger charge is 2.25. The molecule has 0 heterocycles. The maximum absolute atomic E-state index is 12.5. The second kappa shape index (κ2) is 10.8. The summed E-state index contributed by atoms with van der Waals surface area (Å²) in [4.78, 5) is 25.1. The molecule has 7 nitrogen and oxygen atoms in total. The smallest absolute Gasteiger partial charge is 0.262 e. The van der Waals surface area contributed by atoms with E-state index in [0.717, 1.165) is 0 Å². The minimum absolute atomic E-state index is 0.0153. The highest BCUT2D eigenvalue weighted by atomic mass is 35.5. The van der Waals surface area contributed by atoms with Crippen molar-refractivity contribution < 1.29 is 19.4 Å². The molecule has 0 fully saturated rings. The van der Waals surface area contributed by atoms with E-state index in [4.69, 9.17) is 27.9 Å². The molecule has 2 aromatic carbocycles. The number of rotatable bonds is 8. The van der Waals surface area contributed by atoms with E-state index in [1.54, 1.807) is 39.0 Å². The summed E-state index contributed by atoms with van der Waals surface area (Å²) in [7, 11) is 0. The van der Waals surface area contributed by atoms with Gasteiger partial charge in [0.1, 0.15) is 6.04 Å². The Hall–Kier alpha value is -2.77. The fraction of sp³-hybridized carbons (Fsp3) is 0.286. The SMILES string of the molecule is CCOc1cc(/C=N/NC(=O)C(NC(=O)c2ccc(Cl)cc2Cl)C(C)C)ccc1O. The Balaban J connectivity index is 2.06. The maximum Gasteiger partial charge on any atom is 0.262 e. The molecule has 0 bridgehead atoms. The fourth-order valence-electron chi connectivity index (χ4n) is 2.55. The summed E-state index contributed by atoms with van der Waals surface area (Å²) in [5.74, 6) is -0.840. The van der Waals surface area contributed by atoms with Gasteiger partial charge in [0, 0.05) is 5.02 Å². The lowest BCUT2D eigenvalue weighted by Crippen LogP contribution is -2.48. The van der Waals surface area contributed by atoms with E-state index in [9.17, 15) is 14.7 Å². The first-order valence-corrected chi connectivity index (χ1v) is 10.0. The molecule has 3 N–H and O–H groups in total. The summed E-state index contributed by atoms with van der Waals surface area (Å²) in [6, 6.07) is 8.36. The Labute approximate surface area is 185 Å². The lowest BCUT2D eigenvalue weighted by atomic mass is 10.0. The number of halogens is 2. The molecular formula is C21H23Cl2N3O4. The number of phenols is 1. The molecule has 0 aromatic heterocycles. The second-order valence-corrected chi connectivity index (χ2v) is 7.56. The Bertz CT molecular complexity index is 948. The number of carbonyl (C=O) groups excluding carboxylic acids is 2. The van der Waals surface area contributed by atoms with Gasteiger partial charge in [0.15, 0.2) is 11.5 Å². The van der Waals surface area contributed by atoms with Gasteiger partial charge in [-0.25, -0.2) is 5.43 Å². The van der Waals surface area contributed by atoms with Crippen LogP contribution in [-0.4, -0.2) is 35.8 Å². The van der Waals surface area contributed by atoms with Crippen LogP contribution in [0.1, 0.15) is 36.7 Å². The summed E-state index contributed by atoms with van der Waals surface area (Å²) < 4.78 is 5.31. The van der Waals surface area contributed by atoms with Crippen LogP contribution in [-0.2, 0) is 4.79 Å². The third kappa shape index (κ3) is 6.37. The van der Waals surface area contributed by atoms with Gasteiger partial charge in [-0.05, 0) is 54.8 Å². The number of aromatic hydroxyl groups is 1. The Morgan fingerprint density at radius 2 is 1.93 bits per heavy atom. The fourth-order valence-corrected chi connectivity index (χ4v) is 3.04. The van der Waals surface area contributed by atoms with Crippen molar-refractivity contribution in [2.45, 2.75) is 26.8 Å². The number of ether oxygens (including phenoxy) is 1. The third-order valence-electron chi connectivity index (χ3n) is 4.08. The molecule has 0 saturated heterocycles. The van der Waals surface area contributed by atoms with E-state index in [0.29, 0.717) is 22.9 Å². The largest absolute Gasteiger partial charge is 0.504 e. The third-order valence-corrected chi connectivity index (χ3v) is 4.63. The van der Waals surface area contributed by atoms with Crippen LogP contribution in [0.2, 0.25) is 10.0 Å². The molecule has 2 amide bonds. The standard InChI is InChI=1S/C21H23Cl2N3O4/c1-4-30-18-9-13(5-8-17(18)27)11-24-26-21(29)19(12(2)3)25-20(28)15-7-6-14(22)10-16(15)23/h5-12,19,27H,4H2,1-3H3,(H,25,28)(H,26,29)/b24-11+. The van der Waals surface area contributed by atoms with E-state index in [1.165, 1.54) is 24.4 Å². The van der Waals surface area contributed by atoms with Crippen LogP contribution in [0.5, 0.6) is 11.5 Å². The average molecular weight is 452 g/mol. The van der Waals surface area contributed by atoms with Gasteiger partial charge in [-0.1, -0.05) is 37.0 Å². The van der Waals surface area contributed by atoms with Crippen LogP contribution in [0, 0.1) is 5.92 Å². The van der Waals surface area contributed by atoms with Gasteiger partial charge in [0.25, 0.3) is 11.8 Å². The van der Waals surface area contributed by atoms with Gasteiger partial charge in [-0.3, -0.25) is 9.59 Å². The van der Waals surface area contributed by atoms with Crippen molar-refractivity contribution in [1.29, 1.82) is 0 Å². The van der Waals surface area contributed by atoms with Crippen molar-refractivity contribution in [2.75, 3.05) is 6.61 Å². The van der Waals surface area contributed by atoms with E-state index in [1.807, 2.05) is 0 Å². The summed E-state index contributed by atoms with van der Waals surface area (Å²) in [6.45, 7) is 5.80. The quantitative estimate of drug-likeness (QED) is 0.416. The first kappa shape index (κ1) is 23.5. The monoisotopic (exact) mass is 451 g/mol. The van der Waals surface area contributed by atoms with Crippen molar-refractivity contribution >= 4 is 41.2 Å². The van der Waals surface area contributed by atoms with Crippen molar-refractivity contribution in [3.63, 3.8) is 0 Å². The van der Waals surface area contributed by atoms with Crippen molar-refractivity contribution in [3.8, 4) is 11.5 Å². The van der Waals surface area contributed by atoms with Crippen LogP contribution in [0.25, 0.3) is 0 Å². The zero-order chi connectivity index (χ0) is 22.3. The van der Waals surface area contributed by atoms with Crippen LogP contribution in [0.4, 0.5) is 0 Å². The minimum atomic E-state index is -0.833. The zero-order valence-corrected chi connectivity index (χ0v) is 18.3. The Morgan fingerprint density at radius 1 is 1.20 bits per heavy atom. The predicted octanol–water partition coefficient (Wildman–Crippen LogP) is 4.00. The molecule has 30 heavy (non-hydrogen) atoms. The number of amides is 2. The Kier molecular flexibility index (Phi) is 8.50. The molecule has 2 aromatic rings. The van der Waals surface area contributed by atoms with E-state index in [2.05, 4.69) is 15.8 Å². The first-order valence-electron chi connectivity index (χ1n) is 9.27. The topological polar surface area (TPSA) is 100 Å². The van der Waals surface area contributed by atoms with Crippen LogP contribution in [0.15, 0.2) is 41.5 Å². The highest BCUT2D eigenvalue weighted by Crippen LogP contribution is 2.26. The minimum Gasteiger partial charge on any atom is -0.504 e. The van der Waals surface area contributed by atoms with Gasteiger partial charge in [0.05, 0.1) is 23.4 Å². The number of hydrogen-bond donors (Lipinski definition) is 3. The molecule has 0 radical (unpaired) electrons. The van der Waals surface area contributed by atoms with Crippen LogP contribution >= 0.6 is 23.2 Å². The van der Waals surface area contributed by atoms with E-state index < -0.39 is 17.9 Å². The van der Waals surface area contributed by atoms with Crippen molar-refractivity contribution in [2.24, 2.45) is 11.0 Å². The molecule has 0 aliphatic carbocycles. The number of carbonyl (C=O) groups is 2. The van der Waals surface area contributed by atoms with Gasteiger partial charge in [0.2, 0.25) is 0 Å². The highest BCUT2D eigenvalue weighted by molar-refractivity contribution is 6.36. The molecule has 0 saturated carbocycles.